The molecule has 0 heterocycles. The van der Waals surface area contributed by atoms with E-state index in [0.717, 1.165) is 23.3 Å². The lowest BCUT2D eigenvalue weighted by Crippen LogP contribution is -2.16. The fourth-order valence-electron chi connectivity index (χ4n) is 2.56. The van der Waals surface area contributed by atoms with Crippen molar-refractivity contribution in [2.24, 2.45) is 5.73 Å². The van der Waals surface area contributed by atoms with Gasteiger partial charge in [0.25, 0.3) is 0 Å². The number of aromatic hydroxyl groups is 1. The van der Waals surface area contributed by atoms with Crippen LogP contribution in [0.2, 0.25) is 5.02 Å². The Balaban J connectivity index is 2.31. The summed E-state index contributed by atoms with van der Waals surface area (Å²) in [6.45, 7) is 5.17. The van der Waals surface area contributed by atoms with Crippen molar-refractivity contribution in [2.45, 2.75) is 26.2 Å². The first-order valence-corrected chi connectivity index (χ1v) is 7.83. The van der Waals surface area contributed by atoms with Crippen LogP contribution in [0.1, 0.15) is 29.5 Å². The van der Waals surface area contributed by atoms with Crippen LogP contribution in [-0.2, 0) is 6.42 Å². The van der Waals surface area contributed by atoms with E-state index in [1.54, 1.807) is 12.1 Å². The van der Waals surface area contributed by atoms with Crippen molar-refractivity contribution in [3.05, 3.63) is 58.1 Å². The smallest absolute Gasteiger partial charge is 0.134 e. The molecule has 22 heavy (non-hydrogen) atoms. The van der Waals surface area contributed by atoms with Gasteiger partial charge < -0.3 is 15.6 Å². The second-order valence-corrected chi connectivity index (χ2v) is 5.80. The maximum Gasteiger partial charge on any atom is 0.134 e. The lowest BCUT2D eigenvalue weighted by atomic mass is 9.90. The molecular weight excluding hydrogens is 298 g/mol. The van der Waals surface area contributed by atoms with Gasteiger partial charge >= 0.3 is 0 Å². The van der Waals surface area contributed by atoms with E-state index in [0.29, 0.717) is 18.2 Å². The van der Waals surface area contributed by atoms with Gasteiger partial charge in [-0.2, -0.15) is 0 Å². The van der Waals surface area contributed by atoms with Crippen LogP contribution in [0.4, 0.5) is 0 Å². The number of aryl methyl sites for hydroxylation is 1. The van der Waals surface area contributed by atoms with Gasteiger partial charge in [-0.25, -0.2) is 0 Å². The highest BCUT2D eigenvalue weighted by atomic mass is 35.5. The Morgan fingerprint density at radius 3 is 2.64 bits per heavy atom. The van der Waals surface area contributed by atoms with E-state index in [2.05, 4.69) is 13.0 Å². The first-order chi connectivity index (χ1) is 10.5. The topological polar surface area (TPSA) is 55.5 Å². The number of benzene rings is 2. The van der Waals surface area contributed by atoms with Gasteiger partial charge in [0.1, 0.15) is 11.5 Å². The summed E-state index contributed by atoms with van der Waals surface area (Å²) in [6, 6.07) is 11.4. The van der Waals surface area contributed by atoms with E-state index >= 15 is 0 Å². The lowest BCUT2D eigenvalue weighted by Gasteiger charge is -2.20. The molecule has 3 N–H and O–H groups in total. The first kappa shape index (κ1) is 16.7. The largest absolute Gasteiger partial charge is 0.506 e. The summed E-state index contributed by atoms with van der Waals surface area (Å²) in [5.41, 5.74) is 9.34. The summed E-state index contributed by atoms with van der Waals surface area (Å²) >= 11 is 5.99. The van der Waals surface area contributed by atoms with E-state index in [4.69, 9.17) is 22.1 Å². The molecule has 2 aromatic carbocycles. The molecule has 0 aliphatic carbocycles. The van der Waals surface area contributed by atoms with Crippen LogP contribution in [0.5, 0.6) is 11.5 Å². The highest BCUT2D eigenvalue weighted by Gasteiger charge is 2.16. The van der Waals surface area contributed by atoms with Gasteiger partial charge in [0, 0.05) is 5.92 Å². The molecule has 0 aliphatic heterocycles. The van der Waals surface area contributed by atoms with Gasteiger partial charge in [-0.15, -0.1) is 0 Å². The highest BCUT2D eigenvalue weighted by molar-refractivity contribution is 6.32. The van der Waals surface area contributed by atoms with Crippen molar-refractivity contribution in [1.82, 2.24) is 0 Å². The minimum Gasteiger partial charge on any atom is -0.506 e. The van der Waals surface area contributed by atoms with Gasteiger partial charge in [0.15, 0.2) is 0 Å². The monoisotopic (exact) mass is 319 g/mol. The van der Waals surface area contributed by atoms with Crippen LogP contribution in [0.3, 0.4) is 0 Å². The van der Waals surface area contributed by atoms with Gasteiger partial charge in [-0.3, -0.25) is 0 Å². The predicted molar refractivity (Wildman–Crippen MR) is 91.0 cm³/mol. The second kappa shape index (κ2) is 7.52. The Labute approximate surface area is 136 Å². The molecule has 118 valence electrons. The molecule has 1 atom stereocenters. The summed E-state index contributed by atoms with van der Waals surface area (Å²) < 4.78 is 5.73. The van der Waals surface area contributed by atoms with E-state index in [-0.39, 0.29) is 11.7 Å². The number of nitrogens with two attached hydrogens (primary N) is 1. The van der Waals surface area contributed by atoms with E-state index < -0.39 is 0 Å². The van der Waals surface area contributed by atoms with E-state index in [1.165, 1.54) is 5.56 Å². The summed E-state index contributed by atoms with van der Waals surface area (Å²) in [6.07, 6.45) is 0.750. The molecule has 0 saturated heterocycles. The molecular formula is C18H22ClNO2. The Bertz CT molecular complexity index is 643. The van der Waals surface area contributed by atoms with Crippen molar-refractivity contribution in [3.63, 3.8) is 0 Å². The molecule has 2 aromatic rings. The zero-order valence-corrected chi connectivity index (χ0v) is 13.7. The molecule has 4 heteroatoms. The number of hydrogen-bond acceptors (Lipinski definition) is 3. The molecule has 0 saturated carbocycles. The first-order valence-electron chi connectivity index (χ1n) is 7.46. The van der Waals surface area contributed by atoms with Crippen molar-refractivity contribution in [2.75, 3.05) is 13.2 Å². The van der Waals surface area contributed by atoms with Crippen LogP contribution >= 0.6 is 11.6 Å². The molecule has 1 unspecified atom stereocenters. The number of hydrogen-bond donors (Lipinski definition) is 2. The fourth-order valence-corrected chi connectivity index (χ4v) is 2.76. The molecule has 0 amide bonds. The molecule has 3 nitrogen and oxygen atoms in total. The Kier molecular flexibility index (Phi) is 5.69. The van der Waals surface area contributed by atoms with Gasteiger partial charge in [-0.05, 0) is 56.1 Å². The van der Waals surface area contributed by atoms with Crippen molar-refractivity contribution in [3.8, 4) is 11.5 Å². The third kappa shape index (κ3) is 3.93. The van der Waals surface area contributed by atoms with Gasteiger partial charge in [-0.1, -0.05) is 35.4 Å². The molecule has 0 aliphatic rings. The minimum atomic E-state index is 0.0975. The normalized spacial score (nSPS) is 12.2. The SMILES string of the molecule is CCOc1ccc(C)cc1C(CN)Cc1ccc(O)c(Cl)c1. The minimum absolute atomic E-state index is 0.0975. The number of halogens is 1. The van der Waals surface area contributed by atoms with Gasteiger partial charge in [0.2, 0.25) is 0 Å². The van der Waals surface area contributed by atoms with E-state index in [1.807, 2.05) is 25.1 Å². The maximum atomic E-state index is 9.53. The summed E-state index contributed by atoms with van der Waals surface area (Å²) in [5.74, 6) is 1.12. The second-order valence-electron chi connectivity index (χ2n) is 5.40. The molecule has 0 aromatic heterocycles. The molecule has 0 fully saturated rings. The Morgan fingerprint density at radius 2 is 2.00 bits per heavy atom. The summed E-state index contributed by atoms with van der Waals surface area (Å²) in [5, 5.41) is 9.89. The predicted octanol–water partition coefficient (Wildman–Crippen LogP) is 4.04. The van der Waals surface area contributed by atoms with Crippen LogP contribution in [0, 0.1) is 6.92 Å². The van der Waals surface area contributed by atoms with Crippen molar-refractivity contribution < 1.29 is 9.84 Å². The van der Waals surface area contributed by atoms with E-state index in [9.17, 15) is 5.11 Å². The van der Waals surface area contributed by atoms with Crippen LogP contribution < -0.4 is 10.5 Å². The molecule has 0 bridgehead atoms. The Hall–Kier alpha value is -1.71. The van der Waals surface area contributed by atoms with Crippen molar-refractivity contribution >= 4 is 11.6 Å². The van der Waals surface area contributed by atoms with Gasteiger partial charge in [0.05, 0.1) is 11.6 Å². The third-order valence-corrected chi connectivity index (χ3v) is 3.99. The number of rotatable bonds is 6. The van der Waals surface area contributed by atoms with Crippen molar-refractivity contribution in [1.29, 1.82) is 0 Å². The number of phenolic OH excluding ortho intramolecular Hbond substituents is 1. The highest BCUT2D eigenvalue weighted by Crippen LogP contribution is 2.32. The molecule has 2 rings (SSSR count). The average molecular weight is 320 g/mol. The summed E-state index contributed by atoms with van der Waals surface area (Å²) in [4.78, 5) is 0. The Morgan fingerprint density at radius 1 is 1.23 bits per heavy atom. The molecule has 0 radical (unpaired) electrons. The lowest BCUT2D eigenvalue weighted by molar-refractivity contribution is 0.334. The maximum absolute atomic E-state index is 9.53. The third-order valence-electron chi connectivity index (χ3n) is 3.68. The standard InChI is InChI=1S/C18H22ClNO2/c1-3-22-18-7-4-12(2)8-15(18)14(11-20)9-13-5-6-17(21)16(19)10-13/h4-8,10,14,21H,3,9,11,20H2,1-2H3. The van der Waals surface area contributed by atoms with Crippen LogP contribution in [0.25, 0.3) is 0 Å². The number of ether oxygens (including phenoxy) is 1. The fraction of sp³-hybridized carbons (Fsp3) is 0.333. The van der Waals surface area contributed by atoms with Crippen LogP contribution in [0.15, 0.2) is 36.4 Å². The zero-order chi connectivity index (χ0) is 16.1. The quantitative estimate of drug-likeness (QED) is 0.845. The average Bonchev–Trinajstić information content (AvgIpc) is 2.50. The summed E-state index contributed by atoms with van der Waals surface area (Å²) in [7, 11) is 0. The zero-order valence-electron chi connectivity index (χ0n) is 13.0. The van der Waals surface area contributed by atoms with Crippen LogP contribution in [-0.4, -0.2) is 18.3 Å². The number of phenols is 1. The molecule has 0 spiro atoms.